The molecule has 2 aliphatic rings. The Morgan fingerprint density at radius 1 is 1.15 bits per heavy atom. The summed E-state index contributed by atoms with van der Waals surface area (Å²) in [5, 5.41) is 0. The Morgan fingerprint density at radius 2 is 1.77 bits per heavy atom. The van der Waals surface area contributed by atoms with Gasteiger partial charge in [-0.3, -0.25) is 4.79 Å². The van der Waals surface area contributed by atoms with Crippen LogP contribution in [0.4, 0.5) is 0 Å². The monoisotopic (exact) mass is 383 g/mol. The van der Waals surface area contributed by atoms with Gasteiger partial charge in [0.25, 0.3) is 5.91 Å². The number of benzene rings is 1. The summed E-state index contributed by atoms with van der Waals surface area (Å²) in [5.41, 5.74) is 0. The first-order chi connectivity index (χ1) is 12.5. The molecule has 0 aliphatic carbocycles. The van der Waals surface area contributed by atoms with E-state index in [1.54, 1.807) is 12.1 Å². The van der Waals surface area contributed by atoms with Crippen LogP contribution >= 0.6 is 0 Å². The second kappa shape index (κ2) is 8.26. The molecule has 1 amide bonds. The summed E-state index contributed by atoms with van der Waals surface area (Å²) >= 11 is 0. The third kappa shape index (κ3) is 4.88. The Balaban J connectivity index is 1.42. The van der Waals surface area contributed by atoms with Gasteiger partial charge < -0.3 is 19.3 Å². The van der Waals surface area contributed by atoms with Crippen LogP contribution in [0.15, 0.2) is 24.3 Å². The molecule has 0 bridgehead atoms. The molecule has 0 unspecified atom stereocenters. The van der Waals surface area contributed by atoms with Gasteiger partial charge in [0.1, 0.15) is 23.3 Å². The fourth-order valence-corrected chi connectivity index (χ4v) is 5.43. The maximum absolute atomic E-state index is 12.3. The molecule has 1 aromatic carbocycles. The van der Waals surface area contributed by atoms with Crippen molar-refractivity contribution in [3.8, 4) is 11.5 Å². The standard InChI is InChI=1S/C18H26N2O5S/c1-2-24-16-3-5-17(6-4-16)25-13-18(21)20-10-8-19(9-11-20)15-7-12-26(22,23)14-15/h3-6,15H,2,7-14H2,1H3/p+1/t15-/m0/s1. The average molecular weight is 383 g/mol. The van der Waals surface area contributed by atoms with Crippen molar-refractivity contribution in [2.24, 2.45) is 0 Å². The van der Waals surface area contributed by atoms with Crippen LogP contribution in [0.5, 0.6) is 11.5 Å². The largest absolute Gasteiger partial charge is 0.494 e. The Morgan fingerprint density at radius 3 is 2.31 bits per heavy atom. The van der Waals surface area contributed by atoms with Gasteiger partial charge in [0, 0.05) is 6.42 Å². The number of hydrogen-bond donors (Lipinski definition) is 1. The smallest absolute Gasteiger partial charge is 0.260 e. The Hall–Kier alpha value is -1.80. The second-order valence-electron chi connectivity index (χ2n) is 6.83. The second-order valence-corrected chi connectivity index (χ2v) is 9.06. The highest BCUT2D eigenvalue weighted by Gasteiger charge is 2.37. The summed E-state index contributed by atoms with van der Waals surface area (Å²) in [7, 11) is -2.85. The van der Waals surface area contributed by atoms with Crippen molar-refractivity contribution in [2.75, 3.05) is 50.9 Å². The number of ether oxygens (including phenoxy) is 2. The summed E-state index contributed by atoms with van der Waals surface area (Å²) < 4.78 is 34.2. The molecule has 0 aromatic heterocycles. The maximum atomic E-state index is 12.3. The van der Waals surface area contributed by atoms with Crippen molar-refractivity contribution in [1.82, 2.24) is 4.90 Å². The number of nitrogens with one attached hydrogen (secondary N) is 1. The minimum atomic E-state index is -2.85. The molecule has 144 valence electrons. The van der Waals surface area contributed by atoms with Crippen LogP contribution in [0.25, 0.3) is 0 Å². The van der Waals surface area contributed by atoms with E-state index in [2.05, 4.69) is 0 Å². The van der Waals surface area contributed by atoms with Gasteiger partial charge in [-0.25, -0.2) is 8.42 Å². The summed E-state index contributed by atoms with van der Waals surface area (Å²) in [4.78, 5) is 15.5. The first-order valence-corrected chi connectivity index (χ1v) is 11.0. The maximum Gasteiger partial charge on any atom is 0.260 e. The number of quaternary nitrogens is 1. The topological polar surface area (TPSA) is 77.3 Å². The predicted molar refractivity (Wildman–Crippen MR) is 97.4 cm³/mol. The average Bonchev–Trinajstić information content (AvgIpc) is 3.01. The first kappa shape index (κ1) is 19.0. The van der Waals surface area contributed by atoms with E-state index in [4.69, 9.17) is 9.47 Å². The van der Waals surface area contributed by atoms with E-state index in [1.165, 1.54) is 4.90 Å². The number of nitrogens with zero attached hydrogens (tertiary/aromatic N) is 1. The lowest BCUT2D eigenvalue weighted by Gasteiger charge is -2.34. The minimum absolute atomic E-state index is 0.0150. The van der Waals surface area contributed by atoms with Crippen molar-refractivity contribution >= 4 is 15.7 Å². The molecular weight excluding hydrogens is 356 g/mol. The number of sulfone groups is 1. The van der Waals surface area contributed by atoms with Gasteiger partial charge in [0.2, 0.25) is 0 Å². The first-order valence-electron chi connectivity index (χ1n) is 9.15. The Kier molecular flexibility index (Phi) is 6.03. The quantitative estimate of drug-likeness (QED) is 0.708. The number of amides is 1. The van der Waals surface area contributed by atoms with Crippen molar-refractivity contribution in [1.29, 1.82) is 0 Å². The molecule has 2 heterocycles. The zero-order chi connectivity index (χ0) is 18.6. The van der Waals surface area contributed by atoms with Crippen molar-refractivity contribution < 1.29 is 27.6 Å². The third-order valence-corrected chi connectivity index (χ3v) is 6.83. The van der Waals surface area contributed by atoms with Gasteiger partial charge in [-0.1, -0.05) is 0 Å². The number of carbonyl (C=O) groups is 1. The van der Waals surface area contributed by atoms with Crippen LogP contribution in [-0.4, -0.2) is 76.2 Å². The molecule has 1 N–H and O–H groups in total. The zero-order valence-electron chi connectivity index (χ0n) is 15.1. The van der Waals surface area contributed by atoms with E-state index >= 15 is 0 Å². The van der Waals surface area contributed by atoms with Crippen LogP contribution in [0.1, 0.15) is 13.3 Å². The highest BCUT2D eigenvalue weighted by Crippen LogP contribution is 2.17. The van der Waals surface area contributed by atoms with Crippen LogP contribution in [0, 0.1) is 0 Å². The molecule has 1 aromatic rings. The lowest BCUT2D eigenvalue weighted by atomic mass is 10.2. The van der Waals surface area contributed by atoms with Gasteiger partial charge in [-0.2, -0.15) is 0 Å². The fourth-order valence-electron chi connectivity index (χ4n) is 3.60. The highest BCUT2D eigenvalue weighted by atomic mass is 32.2. The number of piperazine rings is 1. The predicted octanol–water partition coefficient (Wildman–Crippen LogP) is -0.622. The lowest BCUT2D eigenvalue weighted by Crippen LogP contribution is -3.18. The Bertz CT molecular complexity index is 712. The Labute approximate surface area is 154 Å². The fraction of sp³-hybridized carbons (Fsp3) is 0.611. The van der Waals surface area contributed by atoms with Crippen LogP contribution in [0.3, 0.4) is 0 Å². The van der Waals surface area contributed by atoms with Crippen molar-refractivity contribution in [3.05, 3.63) is 24.3 Å². The summed E-state index contributed by atoms with van der Waals surface area (Å²) in [5.74, 6) is 1.98. The zero-order valence-corrected chi connectivity index (χ0v) is 16.0. The molecule has 2 saturated heterocycles. The van der Waals surface area contributed by atoms with Gasteiger partial charge in [-0.05, 0) is 31.2 Å². The molecule has 26 heavy (non-hydrogen) atoms. The van der Waals surface area contributed by atoms with E-state index in [0.717, 1.165) is 25.3 Å². The SMILES string of the molecule is CCOc1ccc(OCC(=O)N2CC[NH+]([C@H]3CCS(=O)(=O)C3)CC2)cc1. The van der Waals surface area contributed by atoms with E-state index in [-0.39, 0.29) is 24.3 Å². The van der Waals surface area contributed by atoms with E-state index in [1.807, 2.05) is 24.0 Å². The molecule has 2 fully saturated rings. The van der Waals surface area contributed by atoms with Crippen LogP contribution in [-0.2, 0) is 14.6 Å². The summed E-state index contributed by atoms with van der Waals surface area (Å²) in [6.45, 7) is 5.45. The summed E-state index contributed by atoms with van der Waals surface area (Å²) in [6.07, 6.45) is 0.743. The molecule has 2 aliphatic heterocycles. The normalized spacial score (nSPS) is 23.0. The van der Waals surface area contributed by atoms with E-state index < -0.39 is 9.84 Å². The molecule has 3 rings (SSSR count). The molecule has 0 spiro atoms. The lowest BCUT2D eigenvalue weighted by molar-refractivity contribution is -0.925. The van der Waals surface area contributed by atoms with E-state index in [9.17, 15) is 13.2 Å². The van der Waals surface area contributed by atoms with Crippen molar-refractivity contribution in [3.63, 3.8) is 0 Å². The van der Waals surface area contributed by atoms with Crippen LogP contribution in [0.2, 0.25) is 0 Å². The third-order valence-electron chi connectivity index (χ3n) is 5.07. The molecular formula is C18H27N2O5S+. The van der Waals surface area contributed by atoms with E-state index in [0.29, 0.717) is 31.2 Å². The number of carbonyl (C=O) groups excluding carboxylic acids is 1. The van der Waals surface area contributed by atoms with Crippen molar-refractivity contribution in [2.45, 2.75) is 19.4 Å². The van der Waals surface area contributed by atoms with Crippen LogP contribution < -0.4 is 14.4 Å². The molecule has 0 radical (unpaired) electrons. The van der Waals surface area contributed by atoms with Gasteiger partial charge in [0.05, 0.1) is 38.5 Å². The number of rotatable bonds is 6. The molecule has 8 heteroatoms. The minimum Gasteiger partial charge on any atom is -0.494 e. The molecule has 0 saturated carbocycles. The summed E-state index contributed by atoms with van der Waals surface area (Å²) in [6, 6.07) is 7.42. The molecule has 1 atom stereocenters. The highest BCUT2D eigenvalue weighted by molar-refractivity contribution is 7.91. The van der Waals surface area contributed by atoms with Gasteiger partial charge in [0.15, 0.2) is 16.4 Å². The van der Waals surface area contributed by atoms with Gasteiger partial charge >= 0.3 is 0 Å². The molecule has 7 nitrogen and oxygen atoms in total. The number of hydrogen-bond acceptors (Lipinski definition) is 5. The van der Waals surface area contributed by atoms with Gasteiger partial charge in [-0.15, -0.1) is 0 Å².